The first kappa shape index (κ1) is 36.8. The lowest BCUT2D eigenvalue weighted by molar-refractivity contribution is -0.143. The molecule has 2 atom stereocenters. The number of carboxylic acid groups (broad SMARTS) is 1. The highest BCUT2D eigenvalue weighted by atomic mass is 19.4. The molecule has 5 nitrogen and oxygen atoms in total. The van der Waals surface area contributed by atoms with Crippen LogP contribution in [0.5, 0.6) is 0 Å². The van der Waals surface area contributed by atoms with Crippen LogP contribution in [0.4, 0.5) is 44.3 Å². The molecular weight excluding hydrogens is 681 g/mol. The van der Waals surface area contributed by atoms with Gasteiger partial charge in [-0.05, 0) is 126 Å². The molecule has 3 aromatic carbocycles. The van der Waals surface area contributed by atoms with Gasteiger partial charge in [0.2, 0.25) is 0 Å². The van der Waals surface area contributed by atoms with Crippen LogP contribution in [0.1, 0.15) is 89.9 Å². The summed E-state index contributed by atoms with van der Waals surface area (Å²) in [7, 11) is 0. The molecule has 5 rings (SSSR count). The van der Waals surface area contributed by atoms with Crippen molar-refractivity contribution >= 4 is 17.6 Å². The van der Waals surface area contributed by atoms with Gasteiger partial charge in [0.25, 0.3) is 0 Å². The molecule has 1 aliphatic heterocycles. The highest BCUT2D eigenvalue weighted by molar-refractivity contribution is 5.89. The van der Waals surface area contributed by atoms with Gasteiger partial charge in [0, 0.05) is 6.54 Å². The van der Waals surface area contributed by atoms with E-state index in [2.05, 4.69) is 0 Å². The molecule has 1 saturated heterocycles. The first-order valence-corrected chi connectivity index (χ1v) is 15.5. The lowest BCUT2D eigenvalue weighted by atomic mass is 9.72. The van der Waals surface area contributed by atoms with Gasteiger partial charge in [-0.2, -0.15) is 39.5 Å². The average molecular weight is 714 g/mol. The topological polar surface area (TPSA) is 66.8 Å². The maximum Gasteiger partial charge on any atom is 0.416 e. The quantitative estimate of drug-likeness (QED) is 0.258. The van der Waals surface area contributed by atoms with Crippen LogP contribution in [0.25, 0.3) is 16.7 Å². The van der Waals surface area contributed by atoms with Crippen molar-refractivity contribution in [1.82, 2.24) is 4.90 Å². The Hall–Kier alpha value is -4.49. The molecule has 1 heterocycles. The van der Waals surface area contributed by atoms with Crippen molar-refractivity contribution in [2.45, 2.75) is 77.6 Å². The summed E-state index contributed by atoms with van der Waals surface area (Å²) in [5.74, 6) is -1.20. The largest absolute Gasteiger partial charge is 0.478 e. The van der Waals surface area contributed by atoms with Gasteiger partial charge >= 0.3 is 30.6 Å². The van der Waals surface area contributed by atoms with Crippen LogP contribution in [-0.2, 0) is 23.3 Å². The highest BCUT2D eigenvalue weighted by Gasteiger charge is 2.44. The molecule has 14 heteroatoms. The van der Waals surface area contributed by atoms with E-state index in [-0.39, 0.29) is 34.7 Å². The molecule has 0 spiro atoms. The Labute approximate surface area is 281 Å². The zero-order valence-corrected chi connectivity index (χ0v) is 27.2. The fourth-order valence-corrected chi connectivity index (χ4v) is 6.66. The highest BCUT2D eigenvalue weighted by Crippen LogP contribution is 2.47. The Morgan fingerprint density at radius 2 is 1.42 bits per heavy atom. The molecule has 1 amide bonds. The number of carbonyl (C=O) groups is 2. The van der Waals surface area contributed by atoms with E-state index in [4.69, 9.17) is 4.74 Å². The van der Waals surface area contributed by atoms with E-state index in [0.717, 1.165) is 17.0 Å². The number of carbonyl (C=O) groups excluding carboxylic acids is 1. The summed E-state index contributed by atoms with van der Waals surface area (Å²) >= 11 is 0. The van der Waals surface area contributed by atoms with Gasteiger partial charge in [0.1, 0.15) is 6.10 Å². The number of halogens is 9. The van der Waals surface area contributed by atoms with E-state index in [0.29, 0.717) is 53.7 Å². The number of hydrogen-bond acceptors (Lipinski definition) is 3. The molecule has 50 heavy (non-hydrogen) atoms. The maximum atomic E-state index is 14.3. The number of carboxylic acids is 1. The van der Waals surface area contributed by atoms with Gasteiger partial charge in [-0.15, -0.1) is 0 Å². The van der Waals surface area contributed by atoms with E-state index in [1.807, 2.05) is 13.8 Å². The summed E-state index contributed by atoms with van der Waals surface area (Å²) in [6.45, 7) is 6.67. The normalized spacial score (nSPS) is 19.9. The molecule has 268 valence electrons. The molecule has 3 aromatic rings. The van der Waals surface area contributed by atoms with Crippen molar-refractivity contribution < 1.29 is 58.9 Å². The minimum absolute atomic E-state index is 0.0186. The molecule has 0 radical (unpaired) electrons. The second-order valence-corrected chi connectivity index (χ2v) is 13.6. The van der Waals surface area contributed by atoms with E-state index < -0.39 is 65.0 Å². The molecule has 0 bridgehead atoms. The van der Waals surface area contributed by atoms with Crippen molar-refractivity contribution in [1.29, 1.82) is 0 Å². The third-order valence-electron chi connectivity index (χ3n) is 9.26. The van der Waals surface area contributed by atoms with Crippen LogP contribution in [-0.4, -0.2) is 34.7 Å². The second-order valence-electron chi connectivity index (χ2n) is 13.6. The monoisotopic (exact) mass is 713 g/mol. The van der Waals surface area contributed by atoms with Gasteiger partial charge in [0.05, 0.1) is 28.3 Å². The zero-order chi connectivity index (χ0) is 37.1. The molecule has 0 saturated carbocycles. The number of amides is 1. The summed E-state index contributed by atoms with van der Waals surface area (Å²) in [4.78, 5) is 25.8. The number of cyclic esters (lactones) is 1. The fraction of sp³-hybridized carbons (Fsp3) is 0.389. The van der Waals surface area contributed by atoms with Crippen molar-refractivity contribution in [3.63, 3.8) is 0 Å². The van der Waals surface area contributed by atoms with E-state index in [9.17, 15) is 54.2 Å². The second kappa shape index (κ2) is 12.7. The van der Waals surface area contributed by atoms with Crippen molar-refractivity contribution in [2.24, 2.45) is 5.41 Å². The summed E-state index contributed by atoms with van der Waals surface area (Å²) in [6.07, 6.45) is -16.3. The summed E-state index contributed by atoms with van der Waals surface area (Å²) in [5.41, 5.74) is -2.70. The Balaban J connectivity index is 1.58. The van der Waals surface area contributed by atoms with Crippen LogP contribution < -0.4 is 0 Å². The Morgan fingerprint density at radius 3 is 1.96 bits per heavy atom. The van der Waals surface area contributed by atoms with Crippen molar-refractivity contribution in [2.75, 3.05) is 6.54 Å². The summed E-state index contributed by atoms with van der Waals surface area (Å²) < 4.78 is 130. The van der Waals surface area contributed by atoms with Gasteiger partial charge in [-0.1, -0.05) is 19.9 Å². The molecule has 1 N–H and O–H groups in total. The van der Waals surface area contributed by atoms with E-state index in [1.54, 1.807) is 13.0 Å². The summed E-state index contributed by atoms with van der Waals surface area (Å²) in [6, 6.07) is 7.55. The molecule has 1 aliphatic carbocycles. The molecule has 2 aliphatic rings. The predicted octanol–water partition coefficient (Wildman–Crippen LogP) is 11.0. The first-order valence-electron chi connectivity index (χ1n) is 15.5. The number of allylic oxidation sites excluding steroid dienone is 1. The lowest BCUT2D eigenvalue weighted by Crippen LogP contribution is -2.35. The average Bonchev–Trinajstić information content (AvgIpc) is 3.27. The van der Waals surface area contributed by atoms with E-state index >= 15 is 0 Å². The van der Waals surface area contributed by atoms with Crippen molar-refractivity contribution in [3.8, 4) is 11.1 Å². The van der Waals surface area contributed by atoms with Crippen LogP contribution in [0, 0.1) is 12.3 Å². The Kier molecular flexibility index (Phi) is 9.33. The molecule has 0 aromatic heterocycles. The van der Waals surface area contributed by atoms with Crippen LogP contribution in [0.2, 0.25) is 0 Å². The van der Waals surface area contributed by atoms with Crippen LogP contribution >= 0.6 is 0 Å². The van der Waals surface area contributed by atoms with Gasteiger partial charge in [-0.3, -0.25) is 4.90 Å². The number of benzene rings is 3. The fourth-order valence-electron chi connectivity index (χ4n) is 6.66. The van der Waals surface area contributed by atoms with Gasteiger partial charge in [0.15, 0.2) is 0 Å². The maximum absolute atomic E-state index is 14.3. The third kappa shape index (κ3) is 7.63. The standard InChI is InChI=1S/C36H32F9NO4/c1-18-9-20(31(47)48)5-6-28(18)21-10-22(12-25(11-21)34(37,38)39)29-7-8-33(3,4)16-24(29)17-46-19(2)30(50-32(46)49)23-13-26(35(40,41)42)15-27(14-23)36(43,44)45/h5-6,9-15,19,30H,7-8,16-17H2,1-4H3,(H,47,48)/t19-,30-/m0/s1. The number of hydrogen-bond donors (Lipinski definition) is 1. The third-order valence-corrected chi connectivity index (χ3v) is 9.26. The van der Waals surface area contributed by atoms with Gasteiger partial charge in [-0.25, -0.2) is 9.59 Å². The zero-order valence-electron chi connectivity index (χ0n) is 27.2. The smallest absolute Gasteiger partial charge is 0.416 e. The number of ether oxygens (including phenoxy) is 1. The number of nitrogens with zero attached hydrogens (tertiary/aromatic N) is 1. The summed E-state index contributed by atoms with van der Waals surface area (Å²) in [5, 5.41) is 9.35. The molecule has 0 unspecified atom stereocenters. The SMILES string of the molecule is Cc1cc(C(=O)O)ccc1-c1cc(C2=C(CN3C(=O)O[C@H](c4cc(C(F)(F)F)cc(C(F)(F)F)c4)[C@@H]3C)CC(C)(C)CC2)cc(C(F)(F)F)c1. The Bertz CT molecular complexity index is 1840. The van der Waals surface area contributed by atoms with Crippen LogP contribution in [0.3, 0.4) is 0 Å². The first-order chi connectivity index (χ1) is 22.9. The van der Waals surface area contributed by atoms with E-state index in [1.165, 1.54) is 25.1 Å². The number of rotatable bonds is 6. The van der Waals surface area contributed by atoms with Crippen molar-refractivity contribution in [3.05, 3.63) is 99.1 Å². The minimum Gasteiger partial charge on any atom is -0.478 e. The predicted molar refractivity (Wildman–Crippen MR) is 165 cm³/mol. The molecule has 1 fully saturated rings. The van der Waals surface area contributed by atoms with Gasteiger partial charge < -0.3 is 9.84 Å². The van der Waals surface area contributed by atoms with Crippen LogP contribution in [0.15, 0.2) is 60.2 Å². The molecular formula is C36H32F9NO4. The Morgan fingerprint density at radius 1 is 0.860 bits per heavy atom. The number of aromatic carboxylic acids is 1. The minimum atomic E-state index is -5.12. The lowest BCUT2D eigenvalue weighted by Gasteiger charge is -2.35. The number of aryl methyl sites for hydroxylation is 1. The number of alkyl halides is 9.